The molecule has 0 aromatic carbocycles. The highest BCUT2D eigenvalue weighted by molar-refractivity contribution is 6.30. The summed E-state index contributed by atoms with van der Waals surface area (Å²) in [6.45, 7) is 0.685. The fraction of sp³-hybridized carbons (Fsp3) is 0.500. The standard InChI is InChI=1S/C10H13ClN4O/c1-15-6-8(2-3-9(15)16)14-10-12-4-7(11)5-13-10/h4-5,8H,2-3,6H2,1H3,(H,12,13,14)/t8-/m0/s1. The Morgan fingerprint density at radius 1 is 1.50 bits per heavy atom. The molecule has 1 N–H and O–H groups in total. The summed E-state index contributed by atoms with van der Waals surface area (Å²) in [5.74, 6) is 0.743. The topological polar surface area (TPSA) is 58.1 Å². The fourth-order valence-corrected chi connectivity index (χ4v) is 1.80. The molecule has 0 bridgehead atoms. The molecule has 5 nitrogen and oxygen atoms in total. The molecule has 86 valence electrons. The van der Waals surface area contributed by atoms with Gasteiger partial charge in [0.05, 0.1) is 17.4 Å². The normalized spacial score (nSPS) is 21.0. The summed E-state index contributed by atoms with van der Waals surface area (Å²) in [7, 11) is 1.80. The van der Waals surface area contributed by atoms with Crippen molar-refractivity contribution in [1.29, 1.82) is 0 Å². The van der Waals surface area contributed by atoms with Crippen LogP contribution in [0.2, 0.25) is 5.02 Å². The molecular weight excluding hydrogens is 228 g/mol. The Kier molecular flexibility index (Phi) is 3.24. The third-order valence-corrected chi connectivity index (χ3v) is 2.78. The SMILES string of the molecule is CN1C[C@@H](Nc2ncc(Cl)cn2)CCC1=O. The molecule has 0 spiro atoms. The maximum atomic E-state index is 11.3. The molecule has 1 aliphatic rings. The Hall–Kier alpha value is -1.36. The molecular formula is C10H13ClN4O. The number of hydrogen-bond acceptors (Lipinski definition) is 4. The van der Waals surface area contributed by atoms with Gasteiger partial charge < -0.3 is 10.2 Å². The molecule has 16 heavy (non-hydrogen) atoms. The summed E-state index contributed by atoms with van der Waals surface area (Å²) in [5.41, 5.74) is 0. The molecule has 2 heterocycles. The first-order valence-electron chi connectivity index (χ1n) is 5.13. The van der Waals surface area contributed by atoms with Gasteiger partial charge in [-0.1, -0.05) is 11.6 Å². The highest BCUT2D eigenvalue weighted by Gasteiger charge is 2.22. The number of aromatic nitrogens is 2. The largest absolute Gasteiger partial charge is 0.350 e. The van der Waals surface area contributed by atoms with Gasteiger partial charge in [0.25, 0.3) is 0 Å². The minimum atomic E-state index is 0.190. The van der Waals surface area contributed by atoms with E-state index in [2.05, 4.69) is 15.3 Å². The molecule has 1 saturated heterocycles. The summed E-state index contributed by atoms with van der Waals surface area (Å²) in [6.07, 6.45) is 4.49. The van der Waals surface area contributed by atoms with E-state index in [1.54, 1.807) is 24.3 Å². The Balaban J connectivity index is 1.95. The summed E-state index contributed by atoms with van der Waals surface area (Å²) in [6, 6.07) is 0.212. The number of carbonyl (C=O) groups excluding carboxylic acids is 1. The molecule has 1 aromatic heterocycles. The van der Waals surface area contributed by atoms with Crippen LogP contribution in [0.1, 0.15) is 12.8 Å². The molecule has 0 saturated carbocycles. The lowest BCUT2D eigenvalue weighted by Crippen LogP contribution is -2.43. The van der Waals surface area contributed by atoms with Crippen LogP contribution in [0.4, 0.5) is 5.95 Å². The first kappa shape index (κ1) is 11.1. The monoisotopic (exact) mass is 240 g/mol. The van der Waals surface area contributed by atoms with Crippen LogP contribution >= 0.6 is 11.6 Å². The molecule has 0 aliphatic carbocycles. The van der Waals surface area contributed by atoms with Crippen molar-refractivity contribution in [3.8, 4) is 0 Å². The van der Waals surface area contributed by atoms with E-state index in [4.69, 9.17) is 11.6 Å². The Morgan fingerprint density at radius 3 is 2.81 bits per heavy atom. The zero-order chi connectivity index (χ0) is 11.5. The van der Waals surface area contributed by atoms with Crippen molar-refractivity contribution in [2.24, 2.45) is 0 Å². The fourth-order valence-electron chi connectivity index (χ4n) is 1.70. The van der Waals surface area contributed by atoms with E-state index >= 15 is 0 Å². The highest BCUT2D eigenvalue weighted by atomic mass is 35.5. The van der Waals surface area contributed by atoms with Crippen molar-refractivity contribution in [3.63, 3.8) is 0 Å². The summed E-state index contributed by atoms with van der Waals surface area (Å²) >= 11 is 5.69. The number of anilines is 1. The van der Waals surface area contributed by atoms with Gasteiger partial charge in [-0.25, -0.2) is 9.97 Å². The lowest BCUT2D eigenvalue weighted by Gasteiger charge is -2.30. The van der Waals surface area contributed by atoms with Gasteiger partial charge in [0.1, 0.15) is 0 Å². The van der Waals surface area contributed by atoms with Crippen LogP contribution in [0, 0.1) is 0 Å². The van der Waals surface area contributed by atoms with Gasteiger partial charge in [0, 0.05) is 26.1 Å². The molecule has 0 unspecified atom stereocenters. The average Bonchev–Trinajstić information content (AvgIpc) is 2.27. The van der Waals surface area contributed by atoms with E-state index in [-0.39, 0.29) is 11.9 Å². The molecule has 1 atom stereocenters. The van der Waals surface area contributed by atoms with Gasteiger partial charge in [-0.15, -0.1) is 0 Å². The highest BCUT2D eigenvalue weighted by Crippen LogP contribution is 2.14. The minimum absolute atomic E-state index is 0.190. The molecule has 1 aromatic rings. The zero-order valence-electron chi connectivity index (χ0n) is 8.98. The number of hydrogen-bond donors (Lipinski definition) is 1. The number of halogens is 1. The second-order valence-electron chi connectivity index (χ2n) is 3.88. The smallest absolute Gasteiger partial charge is 0.222 e. The lowest BCUT2D eigenvalue weighted by atomic mass is 10.1. The van der Waals surface area contributed by atoms with Crippen LogP contribution in [0.5, 0.6) is 0 Å². The van der Waals surface area contributed by atoms with Gasteiger partial charge in [-0.3, -0.25) is 4.79 Å². The first-order valence-corrected chi connectivity index (χ1v) is 5.51. The number of nitrogens with zero attached hydrogens (tertiary/aromatic N) is 3. The Bertz CT molecular complexity index is 381. The number of carbonyl (C=O) groups is 1. The van der Waals surface area contributed by atoms with Crippen molar-refractivity contribution in [2.45, 2.75) is 18.9 Å². The third kappa shape index (κ3) is 2.61. The maximum absolute atomic E-state index is 11.3. The number of likely N-dealkylation sites (N-methyl/N-ethyl adjacent to an activating group) is 1. The number of likely N-dealkylation sites (tertiary alicyclic amines) is 1. The van der Waals surface area contributed by atoms with Crippen molar-refractivity contribution in [1.82, 2.24) is 14.9 Å². The van der Waals surface area contributed by atoms with Crippen LogP contribution in [-0.4, -0.2) is 40.4 Å². The maximum Gasteiger partial charge on any atom is 0.222 e. The number of nitrogens with one attached hydrogen (secondary N) is 1. The predicted molar refractivity (Wildman–Crippen MR) is 61.3 cm³/mol. The van der Waals surface area contributed by atoms with Gasteiger partial charge in [-0.2, -0.15) is 0 Å². The third-order valence-electron chi connectivity index (χ3n) is 2.58. The zero-order valence-corrected chi connectivity index (χ0v) is 9.74. The van der Waals surface area contributed by atoms with Crippen molar-refractivity contribution in [3.05, 3.63) is 17.4 Å². The van der Waals surface area contributed by atoms with E-state index in [1.807, 2.05) is 0 Å². The molecule has 0 radical (unpaired) electrons. The van der Waals surface area contributed by atoms with E-state index in [9.17, 15) is 4.79 Å². The van der Waals surface area contributed by atoms with Crippen LogP contribution in [0.25, 0.3) is 0 Å². The lowest BCUT2D eigenvalue weighted by molar-refractivity contribution is -0.132. The Morgan fingerprint density at radius 2 is 2.19 bits per heavy atom. The van der Waals surface area contributed by atoms with E-state index in [0.29, 0.717) is 23.9 Å². The summed E-state index contributed by atoms with van der Waals surface area (Å²) < 4.78 is 0. The van der Waals surface area contributed by atoms with Crippen LogP contribution in [0.3, 0.4) is 0 Å². The second kappa shape index (κ2) is 4.65. The van der Waals surface area contributed by atoms with E-state index < -0.39 is 0 Å². The van der Waals surface area contributed by atoms with Crippen LogP contribution in [-0.2, 0) is 4.79 Å². The van der Waals surface area contributed by atoms with Crippen LogP contribution < -0.4 is 5.32 Å². The Labute approximate surface area is 98.8 Å². The summed E-state index contributed by atoms with van der Waals surface area (Å²) in [5, 5.41) is 3.70. The van der Waals surface area contributed by atoms with Gasteiger partial charge >= 0.3 is 0 Å². The van der Waals surface area contributed by atoms with Crippen LogP contribution in [0.15, 0.2) is 12.4 Å². The van der Waals surface area contributed by atoms with Crippen molar-refractivity contribution < 1.29 is 4.79 Å². The van der Waals surface area contributed by atoms with Gasteiger partial charge in [-0.05, 0) is 6.42 Å². The van der Waals surface area contributed by atoms with Crippen molar-refractivity contribution in [2.75, 3.05) is 18.9 Å². The first-order chi connectivity index (χ1) is 7.65. The van der Waals surface area contributed by atoms with E-state index in [1.165, 1.54) is 0 Å². The van der Waals surface area contributed by atoms with Gasteiger partial charge in [0.15, 0.2) is 0 Å². The predicted octanol–water partition coefficient (Wildman–Crippen LogP) is 1.16. The molecule has 1 amide bonds. The molecule has 1 aliphatic heterocycles. The number of amides is 1. The minimum Gasteiger partial charge on any atom is -0.350 e. The number of rotatable bonds is 2. The molecule has 6 heteroatoms. The second-order valence-corrected chi connectivity index (χ2v) is 4.32. The summed E-state index contributed by atoms with van der Waals surface area (Å²) in [4.78, 5) is 21.1. The molecule has 2 rings (SSSR count). The van der Waals surface area contributed by atoms with Gasteiger partial charge in [0.2, 0.25) is 11.9 Å². The number of piperidine rings is 1. The quantitative estimate of drug-likeness (QED) is 0.843. The van der Waals surface area contributed by atoms with E-state index in [0.717, 1.165) is 6.42 Å². The van der Waals surface area contributed by atoms with Crippen molar-refractivity contribution >= 4 is 23.5 Å². The molecule has 1 fully saturated rings. The average molecular weight is 241 g/mol.